The Morgan fingerprint density at radius 1 is 1.27 bits per heavy atom. The van der Waals surface area contributed by atoms with Crippen molar-refractivity contribution in [3.05, 3.63) is 29.8 Å². The highest BCUT2D eigenvalue weighted by Crippen LogP contribution is 2.28. The van der Waals surface area contributed by atoms with Gasteiger partial charge in [0, 0.05) is 24.3 Å². The summed E-state index contributed by atoms with van der Waals surface area (Å²) in [4.78, 5) is 12.9. The first-order valence-corrected chi connectivity index (χ1v) is 5.51. The maximum absolute atomic E-state index is 10.5. The molecular weight excluding hydrogens is 186 g/mol. The van der Waals surface area contributed by atoms with E-state index in [4.69, 9.17) is 0 Å². The summed E-state index contributed by atoms with van der Waals surface area (Å²) in [7, 11) is 0. The average molecular weight is 203 g/mol. The third-order valence-electron chi connectivity index (χ3n) is 3.25. The number of carbonyl (C=O) groups is 1. The van der Waals surface area contributed by atoms with Crippen LogP contribution in [0.15, 0.2) is 24.3 Å². The molecule has 0 N–H and O–H groups in total. The molecule has 0 bridgehead atoms. The van der Waals surface area contributed by atoms with Crippen LogP contribution in [0.4, 0.5) is 5.69 Å². The van der Waals surface area contributed by atoms with E-state index in [2.05, 4.69) is 18.7 Å². The molecular formula is C13H17NO. The van der Waals surface area contributed by atoms with Crippen LogP contribution in [-0.4, -0.2) is 19.4 Å². The molecule has 0 aliphatic carbocycles. The van der Waals surface area contributed by atoms with Gasteiger partial charge in [0.1, 0.15) is 6.29 Å². The van der Waals surface area contributed by atoms with Gasteiger partial charge in [-0.15, -0.1) is 0 Å². The van der Waals surface area contributed by atoms with Gasteiger partial charge >= 0.3 is 0 Å². The first-order chi connectivity index (χ1) is 7.20. The zero-order valence-electron chi connectivity index (χ0n) is 9.31. The maximum atomic E-state index is 10.5. The second-order valence-electron chi connectivity index (χ2n) is 4.62. The van der Waals surface area contributed by atoms with Crippen LogP contribution in [0, 0.1) is 11.8 Å². The number of nitrogens with zero attached hydrogens (tertiary/aromatic N) is 1. The molecule has 1 aliphatic rings. The Morgan fingerprint density at radius 2 is 1.87 bits per heavy atom. The Kier molecular flexibility index (Phi) is 2.76. The molecule has 1 aromatic rings. The van der Waals surface area contributed by atoms with E-state index < -0.39 is 0 Å². The van der Waals surface area contributed by atoms with E-state index >= 15 is 0 Å². The lowest BCUT2D eigenvalue weighted by atomic mass is 9.88. The Hall–Kier alpha value is -1.31. The van der Waals surface area contributed by atoms with Crippen molar-refractivity contribution in [3.63, 3.8) is 0 Å². The summed E-state index contributed by atoms with van der Waals surface area (Å²) < 4.78 is 0. The standard InChI is InChI=1S/C13H17NO/c1-10(2)12-7-14(8-12)13-5-3-11(9-15)4-6-13/h3-6,9-10,12H,7-8H2,1-2H3. The molecule has 0 unspecified atom stereocenters. The van der Waals surface area contributed by atoms with Crippen molar-refractivity contribution in [3.8, 4) is 0 Å². The molecule has 0 atom stereocenters. The molecule has 0 radical (unpaired) electrons. The molecule has 1 fully saturated rings. The number of benzene rings is 1. The molecule has 0 amide bonds. The fourth-order valence-electron chi connectivity index (χ4n) is 1.91. The zero-order chi connectivity index (χ0) is 10.8. The number of aldehydes is 1. The smallest absolute Gasteiger partial charge is 0.150 e. The lowest BCUT2D eigenvalue weighted by Crippen LogP contribution is -2.49. The Balaban J connectivity index is 1.98. The zero-order valence-corrected chi connectivity index (χ0v) is 9.31. The Morgan fingerprint density at radius 3 is 2.33 bits per heavy atom. The molecule has 0 spiro atoms. The summed E-state index contributed by atoms with van der Waals surface area (Å²) in [6, 6.07) is 7.82. The number of rotatable bonds is 3. The molecule has 0 aromatic heterocycles. The summed E-state index contributed by atoms with van der Waals surface area (Å²) in [5.74, 6) is 1.60. The van der Waals surface area contributed by atoms with Gasteiger partial charge in [-0.25, -0.2) is 0 Å². The Bertz CT molecular complexity index is 336. The highest BCUT2D eigenvalue weighted by molar-refractivity contribution is 5.75. The summed E-state index contributed by atoms with van der Waals surface area (Å²) in [6.07, 6.45) is 0.886. The highest BCUT2D eigenvalue weighted by atomic mass is 16.1. The summed E-state index contributed by atoms with van der Waals surface area (Å²) in [5, 5.41) is 0. The van der Waals surface area contributed by atoms with Crippen LogP contribution in [-0.2, 0) is 0 Å². The molecule has 0 saturated carbocycles. The van der Waals surface area contributed by atoms with Gasteiger partial charge in [-0.3, -0.25) is 4.79 Å². The fraction of sp³-hybridized carbons (Fsp3) is 0.462. The van der Waals surface area contributed by atoms with Crippen LogP contribution in [0.3, 0.4) is 0 Å². The molecule has 2 nitrogen and oxygen atoms in total. The summed E-state index contributed by atoms with van der Waals surface area (Å²) >= 11 is 0. The first kappa shape index (κ1) is 10.2. The van der Waals surface area contributed by atoms with Gasteiger partial charge in [0.25, 0.3) is 0 Å². The quantitative estimate of drug-likeness (QED) is 0.704. The second kappa shape index (κ2) is 4.05. The van der Waals surface area contributed by atoms with Crippen molar-refractivity contribution in [2.45, 2.75) is 13.8 Å². The summed E-state index contributed by atoms with van der Waals surface area (Å²) in [6.45, 7) is 6.85. The van der Waals surface area contributed by atoms with Gasteiger partial charge in [-0.05, 0) is 36.1 Å². The van der Waals surface area contributed by atoms with Crippen molar-refractivity contribution >= 4 is 12.0 Å². The van der Waals surface area contributed by atoms with Gasteiger partial charge in [0.05, 0.1) is 0 Å². The van der Waals surface area contributed by atoms with Gasteiger partial charge in [0.2, 0.25) is 0 Å². The van der Waals surface area contributed by atoms with Crippen LogP contribution in [0.1, 0.15) is 24.2 Å². The van der Waals surface area contributed by atoms with E-state index in [9.17, 15) is 4.79 Å². The molecule has 2 rings (SSSR count). The predicted octanol–water partition coefficient (Wildman–Crippen LogP) is 2.59. The van der Waals surface area contributed by atoms with E-state index in [1.807, 2.05) is 24.3 Å². The number of carbonyl (C=O) groups excluding carboxylic acids is 1. The molecule has 15 heavy (non-hydrogen) atoms. The third kappa shape index (κ3) is 2.04. The average Bonchev–Trinajstić information content (AvgIpc) is 2.16. The van der Waals surface area contributed by atoms with E-state index in [0.717, 1.165) is 36.8 Å². The SMILES string of the molecule is CC(C)C1CN(c2ccc(C=O)cc2)C1. The van der Waals surface area contributed by atoms with Gasteiger partial charge in [-0.1, -0.05) is 13.8 Å². The number of hydrogen-bond donors (Lipinski definition) is 0. The molecule has 1 aliphatic heterocycles. The van der Waals surface area contributed by atoms with Gasteiger partial charge < -0.3 is 4.90 Å². The normalized spacial score (nSPS) is 16.6. The molecule has 2 heteroatoms. The molecule has 80 valence electrons. The van der Waals surface area contributed by atoms with Crippen LogP contribution in [0.25, 0.3) is 0 Å². The van der Waals surface area contributed by atoms with Gasteiger partial charge in [0.15, 0.2) is 0 Å². The second-order valence-corrected chi connectivity index (χ2v) is 4.62. The highest BCUT2D eigenvalue weighted by Gasteiger charge is 2.28. The molecule has 1 saturated heterocycles. The number of anilines is 1. The molecule has 1 heterocycles. The minimum Gasteiger partial charge on any atom is -0.371 e. The van der Waals surface area contributed by atoms with E-state index in [-0.39, 0.29) is 0 Å². The minimum absolute atomic E-state index is 0.750. The van der Waals surface area contributed by atoms with E-state index in [1.54, 1.807) is 0 Å². The van der Waals surface area contributed by atoms with Crippen LogP contribution in [0.2, 0.25) is 0 Å². The topological polar surface area (TPSA) is 20.3 Å². The van der Waals surface area contributed by atoms with Crippen molar-refractivity contribution < 1.29 is 4.79 Å². The van der Waals surface area contributed by atoms with Crippen molar-refractivity contribution in [2.24, 2.45) is 11.8 Å². The Labute approximate surface area is 90.9 Å². The monoisotopic (exact) mass is 203 g/mol. The van der Waals surface area contributed by atoms with Crippen molar-refractivity contribution in [1.82, 2.24) is 0 Å². The maximum Gasteiger partial charge on any atom is 0.150 e. The first-order valence-electron chi connectivity index (χ1n) is 5.51. The van der Waals surface area contributed by atoms with Gasteiger partial charge in [-0.2, -0.15) is 0 Å². The predicted molar refractivity (Wildman–Crippen MR) is 62.4 cm³/mol. The minimum atomic E-state index is 0.750. The third-order valence-corrected chi connectivity index (χ3v) is 3.25. The van der Waals surface area contributed by atoms with Crippen molar-refractivity contribution in [1.29, 1.82) is 0 Å². The fourth-order valence-corrected chi connectivity index (χ4v) is 1.91. The van der Waals surface area contributed by atoms with E-state index in [0.29, 0.717) is 0 Å². The van der Waals surface area contributed by atoms with E-state index in [1.165, 1.54) is 5.69 Å². The largest absolute Gasteiger partial charge is 0.371 e. The van der Waals surface area contributed by atoms with Crippen LogP contribution < -0.4 is 4.90 Å². The summed E-state index contributed by atoms with van der Waals surface area (Å²) in [5.41, 5.74) is 1.98. The molecule has 1 aromatic carbocycles. The lowest BCUT2D eigenvalue weighted by Gasteiger charge is -2.43. The van der Waals surface area contributed by atoms with Crippen LogP contribution >= 0.6 is 0 Å². The lowest BCUT2D eigenvalue weighted by molar-refractivity contribution is 0.112. The number of hydrogen-bond acceptors (Lipinski definition) is 2. The van der Waals surface area contributed by atoms with Crippen molar-refractivity contribution in [2.75, 3.05) is 18.0 Å². The van der Waals surface area contributed by atoms with Crippen LogP contribution in [0.5, 0.6) is 0 Å².